The fraction of sp³-hybridized carbons (Fsp3) is 0.500. The number of rotatable bonds is 1. The van der Waals surface area contributed by atoms with Crippen molar-refractivity contribution < 1.29 is 0 Å². The van der Waals surface area contributed by atoms with Gasteiger partial charge in [-0.3, -0.25) is 0 Å². The van der Waals surface area contributed by atoms with Gasteiger partial charge in [-0.2, -0.15) is 0 Å². The second-order valence-electron chi connectivity index (χ2n) is 4.82. The van der Waals surface area contributed by atoms with Crippen molar-refractivity contribution in [2.45, 2.75) is 33.7 Å². The third-order valence-electron chi connectivity index (χ3n) is 2.49. The molecule has 14 heavy (non-hydrogen) atoms. The zero-order chi connectivity index (χ0) is 10.9. The van der Waals surface area contributed by atoms with Gasteiger partial charge in [0.1, 0.15) is 0 Å². The monoisotopic (exact) mass is 211 g/mol. The van der Waals surface area contributed by atoms with Gasteiger partial charge in [-0.25, -0.2) is 0 Å². The topological polar surface area (TPSA) is 26.0 Å². The average molecular weight is 212 g/mol. The Morgan fingerprint density at radius 1 is 1.29 bits per heavy atom. The summed E-state index contributed by atoms with van der Waals surface area (Å²) in [6.45, 7) is 8.37. The molecule has 2 heteroatoms. The van der Waals surface area contributed by atoms with Gasteiger partial charge in [-0.05, 0) is 23.5 Å². The van der Waals surface area contributed by atoms with Crippen LogP contribution in [0.25, 0.3) is 0 Å². The van der Waals surface area contributed by atoms with Gasteiger partial charge in [0.05, 0.1) is 0 Å². The van der Waals surface area contributed by atoms with Gasteiger partial charge in [0, 0.05) is 11.1 Å². The quantitative estimate of drug-likeness (QED) is 0.754. The lowest BCUT2D eigenvalue weighted by molar-refractivity contribution is 0.327. The summed E-state index contributed by atoms with van der Waals surface area (Å²) < 4.78 is 0. The van der Waals surface area contributed by atoms with E-state index in [1.807, 2.05) is 25.1 Å². The number of benzene rings is 1. The first kappa shape index (κ1) is 11.5. The molecule has 0 fully saturated rings. The maximum absolute atomic E-state index is 6.21. The maximum Gasteiger partial charge on any atom is 0.0483 e. The van der Waals surface area contributed by atoms with Crippen LogP contribution in [0.15, 0.2) is 18.2 Å². The van der Waals surface area contributed by atoms with Crippen molar-refractivity contribution in [3.05, 3.63) is 34.3 Å². The van der Waals surface area contributed by atoms with Crippen LogP contribution >= 0.6 is 11.6 Å². The number of halogens is 1. The molecular weight excluding hydrogens is 194 g/mol. The van der Waals surface area contributed by atoms with E-state index in [0.717, 1.165) is 16.1 Å². The van der Waals surface area contributed by atoms with Crippen LogP contribution < -0.4 is 5.73 Å². The fourth-order valence-corrected chi connectivity index (χ4v) is 1.62. The third kappa shape index (κ3) is 2.28. The number of hydrogen-bond donors (Lipinski definition) is 1. The normalized spacial score (nSPS) is 14.1. The molecule has 1 rings (SSSR count). The molecule has 2 N–H and O–H groups in total. The highest BCUT2D eigenvalue weighted by atomic mass is 35.5. The Morgan fingerprint density at radius 2 is 1.86 bits per heavy atom. The zero-order valence-electron chi connectivity index (χ0n) is 9.26. The zero-order valence-corrected chi connectivity index (χ0v) is 10.0. The summed E-state index contributed by atoms with van der Waals surface area (Å²) in [5.74, 6) is 0. The molecule has 1 aromatic rings. The largest absolute Gasteiger partial charge is 0.323 e. The first-order valence-electron chi connectivity index (χ1n) is 4.84. The van der Waals surface area contributed by atoms with Crippen LogP contribution in [-0.2, 0) is 0 Å². The molecule has 0 aliphatic carbocycles. The van der Waals surface area contributed by atoms with Crippen molar-refractivity contribution in [3.63, 3.8) is 0 Å². The predicted octanol–water partition coefficient (Wildman–Crippen LogP) is 3.69. The van der Waals surface area contributed by atoms with E-state index in [9.17, 15) is 0 Å². The van der Waals surface area contributed by atoms with Gasteiger partial charge >= 0.3 is 0 Å². The lowest BCUT2D eigenvalue weighted by atomic mass is 9.83. The summed E-state index contributed by atoms with van der Waals surface area (Å²) in [4.78, 5) is 0. The second kappa shape index (κ2) is 3.92. The van der Waals surface area contributed by atoms with Gasteiger partial charge < -0.3 is 5.73 Å². The molecule has 0 spiro atoms. The van der Waals surface area contributed by atoms with Crippen LogP contribution in [-0.4, -0.2) is 0 Å². The molecule has 0 aromatic heterocycles. The SMILES string of the molecule is Cc1cccc(C(N)C(C)(C)C)c1Cl. The lowest BCUT2D eigenvalue weighted by Crippen LogP contribution is -2.26. The highest BCUT2D eigenvalue weighted by Crippen LogP contribution is 2.35. The molecule has 78 valence electrons. The lowest BCUT2D eigenvalue weighted by Gasteiger charge is -2.28. The van der Waals surface area contributed by atoms with Crippen molar-refractivity contribution in [1.29, 1.82) is 0 Å². The Balaban J connectivity index is 3.14. The molecule has 0 saturated heterocycles. The summed E-state index contributed by atoms with van der Waals surface area (Å²) in [7, 11) is 0. The van der Waals surface area contributed by atoms with Crippen molar-refractivity contribution in [1.82, 2.24) is 0 Å². The van der Waals surface area contributed by atoms with E-state index in [2.05, 4.69) is 20.8 Å². The van der Waals surface area contributed by atoms with E-state index in [0.29, 0.717) is 0 Å². The Bertz CT molecular complexity index is 326. The van der Waals surface area contributed by atoms with Gasteiger partial charge in [0.15, 0.2) is 0 Å². The predicted molar refractivity (Wildman–Crippen MR) is 62.6 cm³/mol. The van der Waals surface area contributed by atoms with E-state index in [1.165, 1.54) is 0 Å². The number of nitrogens with two attached hydrogens (primary N) is 1. The molecule has 0 heterocycles. The van der Waals surface area contributed by atoms with E-state index < -0.39 is 0 Å². The number of aryl methyl sites for hydroxylation is 1. The highest BCUT2D eigenvalue weighted by molar-refractivity contribution is 6.32. The first-order chi connectivity index (χ1) is 6.34. The van der Waals surface area contributed by atoms with E-state index in [-0.39, 0.29) is 11.5 Å². The van der Waals surface area contributed by atoms with Gasteiger partial charge in [-0.15, -0.1) is 0 Å². The highest BCUT2D eigenvalue weighted by Gasteiger charge is 2.24. The van der Waals surface area contributed by atoms with Crippen LogP contribution in [0.3, 0.4) is 0 Å². The van der Waals surface area contributed by atoms with Crippen molar-refractivity contribution >= 4 is 11.6 Å². The van der Waals surface area contributed by atoms with Crippen LogP contribution in [0.5, 0.6) is 0 Å². The molecule has 1 unspecified atom stereocenters. The third-order valence-corrected chi connectivity index (χ3v) is 3.01. The Morgan fingerprint density at radius 3 is 2.36 bits per heavy atom. The minimum Gasteiger partial charge on any atom is -0.323 e. The molecule has 0 radical (unpaired) electrons. The average Bonchev–Trinajstić information content (AvgIpc) is 2.07. The molecule has 1 nitrogen and oxygen atoms in total. The molecule has 0 aliphatic rings. The fourth-order valence-electron chi connectivity index (χ4n) is 1.38. The molecule has 1 aromatic carbocycles. The van der Waals surface area contributed by atoms with E-state index in [4.69, 9.17) is 17.3 Å². The summed E-state index contributed by atoms with van der Waals surface area (Å²) in [6.07, 6.45) is 0. The van der Waals surface area contributed by atoms with Crippen molar-refractivity contribution in [2.75, 3.05) is 0 Å². The maximum atomic E-state index is 6.21. The minimum absolute atomic E-state index is 0.0186. The van der Waals surface area contributed by atoms with Crippen LogP contribution in [0.2, 0.25) is 5.02 Å². The van der Waals surface area contributed by atoms with Gasteiger partial charge in [0.25, 0.3) is 0 Å². The standard InChI is InChI=1S/C12H18ClN/c1-8-6-5-7-9(10(8)13)11(14)12(2,3)4/h5-7,11H,14H2,1-4H3. The van der Waals surface area contributed by atoms with Crippen LogP contribution in [0, 0.1) is 12.3 Å². The summed E-state index contributed by atoms with van der Waals surface area (Å²) in [6, 6.07) is 5.99. The summed E-state index contributed by atoms with van der Waals surface area (Å²) in [5, 5.41) is 0.801. The minimum atomic E-state index is -0.0186. The van der Waals surface area contributed by atoms with E-state index in [1.54, 1.807) is 0 Å². The van der Waals surface area contributed by atoms with Crippen molar-refractivity contribution in [2.24, 2.45) is 11.1 Å². The molecule has 0 saturated carbocycles. The Labute approximate surface area is 91.3 Å². The molecule has 0 aliphatic heterocycles. The van der Waals surface area contributed by atoms with Crippen LogP contribution in [0.4, 0.5) is 0 Å². The van der Waals surface area contributed by atoms with Gasteiger partial charge in [-0.1, -0.05) is 50.6 Å². The summed E-state index contributed by atoms with van der Waals surface area (Å²) >= 11 is 6.21. The Hall–Kier alpha value is -0.530. The number of hydrogen-bond acceptors (Lipinski definition) is 1. The Kier molecular flexibility index (Phi) is 3.23. The van der Waals surface area contributed by atoms with Crippen LogP contribution in [0.1, 0.15) is 37.9 Å². The van der Waals surface area contributed by atoms with Crippen molar-refractivity contribution in [3.8, 4) is 0 Å². The molecule has 0 amide bonds. The molecule has 1 atom stereocenters. The smallest absolute Gasteiger partial charge is 0.0483 e. The first-order valence-corrected chi connectivity index (χ1v) is 5.22. The van der Waals surface area contributed by atoms with Gasteiger partial charge in [0.2, 0.25) is 0 Å². The summed E-state index contributed by atoms with van der Waals surface area (Å²) in [5.41, 5.74) is 8.32. The molecular formula is C12H18ClN. The van der Waals surface area contributed by atoms with E-state index >= 15 is 0 Å². The molecule has 0 bridgehead atoms. The second-order valence-corrected chi connectivity index (χ2v) is 5.20.